The number of amides is 1. The molecule has 0 aromatic carbocycles. The summed E-state index contributed by atoms with van der Waals surface area (Å²) in [6, 6.07) is 3.41. The molecule has 14 heavy (non-hydrogen) atoms. The van der Waals surface area contributed by atoms with Gasteiger partial charge in [0, 0.05) is 14.1 Å². The molecule has 1 N–H and O–H groups in total. The van der Waals surface area contributed by atoms with Gasteiger partial charge in [0.15, 0.2) is 0 Å². The maximum absolute atomic E-state index is 11.5. The summed E-state index contributed by atoms with van der Waals surface area (Å²) in [5.74, 6) is 0.127. The Morgan fingerprint density at radius 2 is 2.29 bits per heavy atom. The average Bonchev–Trinajstić information content (AvgIpc) is 2.59. The number of methoxy groups -OCH3 is 1. The molecule has 1 rings (SSSR count). The van der Waals surface area contributed by atoms with Gasteiger partial charge < -0.3 is 14.6 Å². The molecule has 0 fully saturated rings. The molecule has 0 saturated heterocycles. The van der Waals surface area contributed by atoms with Crippen molar-refractivity contribution in [1.29, 1.82) is 5.26 Å². The molecule has 0 radical (unpaired) electrons. The summed E-state index contributed by atoms with van der Waals surface area (Å²) >= 11 is 0. The second-order valence-corrected chi connectivity index (χ2v) is 2.94. The Kier molecular flexibility index (Phi) is 2.77. The maximum Gasteiger partial charge on any atom is 0.269 e. The molecule has 74 valence electrons. The van der Waals surface area contributed by atoms with Gasteiger partial charge in [-0.15, -0.1) is 0 Å². The van der Waals surface area contributed by atoms with Gasteiger partial charge in [-0.25, -0.2) is 0 Å². The Labute approximate surface area is 81.9 Å². The normalized spacial score (nSPS) is 9.29. The third kappa shape index (κ3) is 1.69. The van der Waals surface area contributed by atoms with Crippen LogP contribution in [0.3, 0.4) is 0 Å². The molecule has 1 amide bonds. The van der Waals surface area contributed by atoms with E-state index >= 15 is 0 Å². The van der Waals surface area contributed by atoms with Crippen molar-refractivity contribution >= 4 is 5.91 Å². The highest BCUT2D eigenvalue weighted by Gasteiger charge is 2.15. The van der Waals surface area contributed by atoms with Gasteiger partial charge in [0.2, 0.25) is 5.88 Å². The molecule has 1 aromatic rings. The third-order valence-electron chi connectivity index (χ3n) is 1.74. The van der Waals surface area contributed by atoms with Gasteiger partial charge >= 0.3 is 0 Å². The van der Waals surface area contributed by atoms with Crippen LogP contribution in [0, 0.1) is 11.3 Å². The van der Waals surface area contributed by atoms with E-state index in [1.165, 1.54) is 18.1 Å². The topological polar surface area (TPSA) is 69.1 Å². The molecule has 0 bridgehead atoms. The predicted molar refractivity (Wildman–Crippen MR) is 50.1 cm³/mol. The number of carbonyl (C=O) groups excluding carboxylic acids is 1. The van der Waals surface area contributed by atoms with E-state index in [4.69, 9.17) is 10.00 Å². The van der Waals surface area contributed by atoms with Gasteiger partial charge in [-0.3, -0.25) is 4.79 Å². The van der Waals surface area contributed by atoms with E-state index in [2.05, 4.69) is 4.98 Å². The summed E-state index contributed by atoms with van der Waals surface area (Å²) in [6.07, 6.45) is 0. The van der Waals surface area contributed by atoms with Gasteiger partial charge in [0.1, 0.15) is 17.3 Å². The first-order valence-corrected chi connectivity index (χ1v) is 3.99. The molecule has 1 heterocycles. The summed E-state index contributed by atoms with van der Waals surface area (Å²) in [5.41, 5.74) is 0.682. The first kappa shape index (κ1) is 10.1. The number of hydrogen-bond acceptors (Lipinski definition) is 3. The van der Waals surface area contributed by atoms with Crippen LogP contribution in [0.5, 0.6) is 5.88 Å². The van der Waals surface area contributed by atoms with Crippen LogP contribution in [-0.4, -0.2) is 37.0 Å². The highest BCUT2D eigenvalue weighted by molar-refractivity contribution is 5.93. The molecular weight excluding hydrogens is 182 g/mol. The molecule has 0 aliphatic heterocycles. The lowest BCUT2D eigenvalue weighted by molar-refractivity contribution is 0.0822. The summed E-state index contributed by atoms with van der Waals surface area (Å²) in [7, 11) is 4.72. The Balaban J connectivity index is 3.08. The zero-order chi connectivity index (χ0) is 10.7. The second kappa shape index (κ2) is 3.83. The van der Waals surface area contributed by atoms with Crippen molar-refractivity contribution in [3.8, 4) is 11.9 Å². The molecule has 1 aromatic heterocycles. The number of aromatic amines is 1. The number of H-pyrrole nitrogens is 1. The van der Waals surface area contributed by atoms with Crippen LogP contribution < -0.4 is 4.74 Å². The smallest absolute Gasteiger partial charge is 0.269 e. The highest BCUT2D eigenvalue weighted by atomic mass is 16.5. The van der Waals surface area contributed by atoms with Crippen LogP contribution in [0.2, 0.25) is 0 Å². The van der Waals surface area contributed by atoms with E-state index in [0.717, 1.165) is 0 Å². The maximum atomic E-state index is 11.5. The van der Waals surface area contributed by atoms with Crippen LogP contribution >= 0.6 is 0 Å². The van der Waals surface area contributed by atoms with Crippen LogP contribution in [0.25, 0.3) is 0 Å². The van der Waals surface area contributed by atoms with Crippen molar-refractivity contribution < 1.29 is 9.53 Å². The molecule has 5 heteroatoms. The Morgan fingerprint density at radius 3 is 2.64 bits per heavy atom. The zero-order valence-corrected chi connectivity index (χ0v) is 8.29. The summed E-state index contributed by atoms with van der Waals surface area (Å²) in [6.45, 7) is 0. The zero-order valence-electron chi connectivity index (χ0n) is 8.29. The Hall–Kier alpha value is -1.96. The lowest BCUT2D eigenvalue weighted by atomic mass is 10.3. The summed E-state index contributed by atoms with van der Waals surface area (Å²) < 4.78 is 4.90. The van der Waals surface area contributed by atoms with Crippen LogP contribution in [-0.2, 0) is 0 Å². The number of ether oxygens (including phenoxy) is 1. The number of nitriles is 1. The fourth-order valence-corrected chi connectivity index (χ4v) is 1.04. The second-order valence-electron chi connectivity index (χ2n) is 2.94. The van der Waals surface area contributed by atoms with Crippen LogP contribution in [0.4, 0.5) is 0 Å². The van der Waals surface area contributed by atoms with Gasteiger partial charge in [-0.05, 0) is 6.07 Å². The molecule has 0 atom stereocenters. The molecule has 0 aliphatic carbocycles. The molecule has 0 spiro atoms. The van der Waals surface area contributed by atoms with Crippen LogP contribution in [0.1, 0.15) is 16.1 Å². The van der Waals surface area contributed by atoms with Crippen molar-refractivity contribution in [2.45, 2.75) is 0 Å². The lowest BCUT2D eigenvalue weighted by Gasteiger charge is -2.07. The highest BCUT2D eigenvalue weighted by Crippen LogP contribution is 2.17. The number of carbonyl (C=O) groups is 1. The minimum Gasteiger partial charge on any atom is -0.481 e. The minimum absolute atomic E-state index is 0.190. The standard InChI is InChI=1S/C9H11N3O2/c1-12(2)9(13)7-4-6(5-10)8(11-7)14-3/h4,11H,1-3H3. The minimum atomic E-state index is -0.190. The van der Waals surface area contributed by atoms with Crippen LogP contribution in [0.15, 0.2) is 6.07 Å². The SMILES string of the molecule is COc1[nH]c(C(=O)N(C)C)cc1C#N. The van der Waals surface area contributed by atoms with Crippen molar-refractivity contribution in [3.05, 3.63) is 17.3 Å². The number of nitrogens with zero attached hydrogens (tertiary/aromatic N) is 2. The molecule has 0 unspecified atom stereocenters. The van der Waals surface area contributed by atoms with E-state index in [1.54, 1.807) is 14.1 Å². The van der Waals surface area contributed by atoms with E-state index in [0.29, 0.717) is 17.1 Å². The number of rotatable bonds is 2. The first-order chi connectivity index (χ1) is 6.60. The number of nitrogens with one attached hydrogen (secondary N) is 1. The Morgan fingerprint density at radius 1 is 1.64 bits per heavy atom. The average molecular weight is 193 g/mol. The largest absolute Gasteiger partial charge is 0.481 e. The van der Waals surface area contributed by atoms with Gasteiger partial charge in [0.05, 0.1) is 7.11 Å². The molecule has 0 saturated carbocycles. The third-order valence-corrected chi connectivity index (χ3v) is 1.74. The van der Waals surface area contributed by atoms with E-state index in [-0.39, 0.29) is 5.91 Å². The van der Waals surface area contributed by atoms with E-state index < -0.39 is 0 Å². The molecule has 5 nitrogen and oxygen atoms in total. The predicted octanol–water partition coefficient (Wildman–Crippen LogP) is 0.597. The fraction of sp³-hybridized carbons (Fsp3) is 0.333. The van der Waals surface area contributed by atoms with Crippen molar-refractivity contribution in [2.75, 3.05) is 21.2 Å². The van der Waals surface area contributed by atoms with E-state index in [9.17, 15) is 4.79 Å². The van der Waals surface area contributed by atoms with Crippen molar-refractivity contribution in [3.63, 3.8) is 0 Å². The molecular formula is C9H11N3O2. The van der Waals surface area contributed by atoms with Gasteiger partial charge in [-0.2, -0.15) is 5.26 Å². The van der Waals surface area contributed by atoms with Gasteiger partial charge in [0.25, 0.3) is 5.91 Å². The lowest BCUT2D eigenvalue weighted by Crippen LogP contribution is -2.21. The summed E-state index contributed by atoms with van der Waals surface area (Å²) in [5, 5.41) is 8.71. The van der Waals surface area contributed by atoms with E-state index in [1.807, 2.05) is 6.07 Å². The quantitative estimate of drug-likeness (QED) is 0.747. The number of aromatic nitrogens is 1. The number of hydrogen-bond donors (Lipinski definition) is 1. The molecule has 0 aliphatic rings. The first-order valence-electron chi connectivity index (χ1n) is 3.99. The Bertz CT molecular complexity index is 387. The van der Waals surface area contributed by atoms with Crippen molar-refractivity contribution in [1.82, 2.24) is 9.88 Å². The fourth-order valence-electron chi connectivity index (χ4n) is 1.04. The summed E-state index contributed by atoms with van der Waals surface area (Å²) in [4.78, 5) is 15.6. The monoisotopic (exact) mass is 193 g/mol. The van der Waals surface area contributed by atoms with Crippen molar-refractivity contribution in [2.24, 2.45) is 0 Å². The van der Waals surface area contributed by atoms with Gasteiger partial charge in [-0.1, -0.05) is 0 Å².